The largest absolute Gasteiger partial charge is 0.435 e. The van der Waals surface area contributed by atoms with E-state index in [0.29, 0.717) is 11.1 Å². The van der Waals surface area contributed by atoms with Gasteiger partial charge in [0.1, 0.15) is 11.3 Å². The summed E-state index contributed by atoms with van der Waals surface area (Å²) in [6, 6.07) is 10.0. The van der Waals surface area contributed by atoms with Crippen molar-refractivity contribution in [1.29, 1.82) is 0 Å². The number of carbonyl (C=O) groups is 3. The lowest BCUT2D eigenvalue weighted by molar-refractivity contribution is -0.130. The summed E-state index contributed by atoms with van der Waals surface area (Å²) in [5.41, 5.74) is 1.18. The molecule has 6 nitrogen and oxygen atoms in total. The second-order valence-electron chi connectivity index (χ2n) is 7.09. The van der Waals surface area contributed by atoms with Crippen molar-refractivity contribution in [3.05, 3.63) is 64.7 Å². The fourth-order valence-corrected chi connectivity index (χ4v) is 3.36. The first kappa shape index (κ1) is 20.4. The van der Waals surface area contributed by atoms with Crippen molar-refractivity contribution in [2.75, 3.05) is 6.54 Å². The normalized spacial score (nSPS) is 18.9. The highest BCUT2D eigenvalue weighted by Crippen LogP contribution is 2.30. The van der Waals surface area contributed by atoms with Crippen molar-refractivity contribution >= 4 is 17.7 Å². The molecule has 1 aliphatic rings. The summed E-state index contributed by atoms with van der Waals surface area (Å²) < 4.78 is 28.9. The molecule has 152 valence electrons. The topological polar surface area (TPSA) is 75.7 Å². The Hall–Kier alpha value is -3.29. The summed E-state index contributed by atoms with van der Waals surface area (Å²) in [4.78, 5) is 38.9. The zero-order chi connectivity index (χ0) is 21.3. The number of hydrogen-bond acceptors (Lipinski definition) is 4. The minimum Gasteiger partial charge on any atom is -0.435 e. The highest BCUT2D eigenvalue weighted by Gasteiger charge is 2.49. The van der Waals surface area contributed by atoms with Gasteiger partial charge in [0.05, 0.1) is 6.54 Å². The molecule has 29 heavy (non-hydrogen) atoms. The number of carbonyl (C=O) groups excluding carboxylic acids is 3. The minimum atomic E-state index is -2.96. The summed E-state index contributed by atoms with van der Waals surface area (Å²) >= 11 is 0. The lowest BCUT2D eigenvalue weighted by Gasteiger charge is -2.22. The van der Waals surface area contributed by atoms with E-state index in [1.807, 2.05) is 13.0 Å². The average molecular weight is 402 g/mol. The number of rotatable bonds is 6. The Morgan fingerprint density at radius 1 is 1.14 bits per heavy atom. The van der Waals surface area contributed by atoms with E-state index in [4.69, 9.17) is 0 Å². The van der Waals surface area contributed by atoms with Crippen LogP contribution in [0.5, 0.6) is 5.75 Å². The molecule has 1 saturated heterocycles. The average Bonchev–Trinajstić information content (AvgIpc) is 2.85. The van der Waals surface area contributed by atoms with Crippen LogP contribution in [-0.4, -0.2) is 35.8 Å². The first-order chi connectivity index (χ1) is 13.6. The number of ketones is 1. The first-order valence-electron chi connectivity index (χ1n) is 8.92. The van der Waals surface area contributed by atoms with Crippen molar-refractivity contribution < 1.29 is 27.9 Å². The van der Waals surface area contributed by atoms with Gasteiger partial charge in [-0.3, -0.25) is 14.5 Å². The number of urea groups is 1. The van der Waals surface area contributed by atoms with Gasteiger partial charge < -0.3 is 10.1 Å². The van der Waals surface area contributed by atoms with Crippen LogP contribution in [0.3, 0.4) is 0 Å². The molecule has 0 radical (unpaired) electrons. The molecule has 1 N–H and O–H groups in total. The van der Waals surface area contributed by atoms with Crippen molar-refractivity contribution in [3.8, 4) is 5.75 Å². The maximum absolute atomic E-state index is 12.9. The molecule has 3 rings (SSSR count). The molecule has 1 heterocycles. The number of aryl methyl sites for hydroxylation is 2. The monoisotopic (exact) mass is 402 g/mol. The lowest BCUT2D eigenvalue weighted by Crippen LogP contribution is -2.41. The van der Waals surface area contributed by atoms with Crippen LogP contribution >= 0.6 is 0 Å². The van der Waals surface area contributed by atoms with Gasteiger partial charge in [0.25, 0.3) is 5.91 Å². The molecule has 1 atom stereocenters. The molecule has 0 aromatic heterocycles. The number of amides is 3. The van der Waals surface area contributed by atoms with Crippen molar-refractivity contribution in [2.45, 2.75) is 32.9 Å². The molecule has 1 fully saturated rings. The molecule has 2 aromatic carbocycles. The van der Waals surface area contributed by atoms with Gasteiger partial charge in [-0.25, -0.2) is 4.79 Å². The van der Waals surface area contributed by atoms with E-state index >= 15 is 0 Å². The van der Waals surface area contributed by atoms with Gasteiger partial charge in [0.2, 0.25) is 0 Å². The summed E-state index contributed by atoms with van der Waals surface area (Å²) in [5.74, 6) is -1.01. The molecule has 2 aromatic rings. The Balaban J connectivity index is 1.80. The second kappa shape index (κ2) is 7.62. The number of benzene rings is 2. The van der Waals surface area contributed by atoms with Crippen molar-refractivity contribution in [3.63, 3.8) is 0 Å². The third-order valence-corrected chi connectivity index (χ3v) is 4.92. The van der Waals surface area contributed by atoms with Crippen LogP contribution in [0.1, 0.15) is 34.0 Å². The molecule has 1 unspecified atom stereocenters. The van der Waals surface area contributed by atoms with E-state index in [2.05, 4.69) is 10.1 Å². The highest BCUT2D eigenvalue weighted by atomic mass is 19.3. The quantitative estimate of drug-likeness (QED) is 0.592. The highest BCUT2D eigenvalue weighted by molar-refractivity contribution is 6.11. The van der Waals surface area contributed by atoms with Crippen molar-refractivity contribution in [1.82, 2.24) is 10.2 Å². The number of halogens is 2. The maximum Gasteiger partial charge on any atom is 0.387 e. The number of hydrogen-bond donors (Lipinski definition) is 1. The SMILES string of the molecule is Cc1ccc(C(=O)CN2C(=O)NC(C)(c3ccc(OC(F)F)cc3)C2=O)c(C)c1. The van der Waals surface area contributed by atoms with Crippen LogP contribution in [0.25, 0.3) is 0 Å². The number of ether oxygens (including phenoxy) is 1. The minimum absolute atomic E-state index is 0.0639. The summed E-state index contributed by atoms with van der Waals surface area (Å²) in [5, 5.41) is 2.58. The molecule has 8 heteroatoms. The smallest absolute Gasteiger partial charge is 0.387 e. The van der Waals surface area contributed by atoms with Gasteiger partial charge >= 0.3 is 12.6 Å². The Kier molecular flexibility index (Phi) is 5.37. The standard InChI is InChI=1S/C21H20F2N2O4/c1-12-4-9-16(13(2)10-12)17(26)11-25-18(27)21(3,24-20(25)28)14-5-7-15(8-6-14)29-19(22)23/h4-10,19H,11H2,1-3H3,(H,24,28). The Bertz CT molecular complexity index is 975. The third kappa shape index (κ3) is 3.96. The van der Waals surface area contributed by atoms with Crippen LogP contribution < -0.4 is 10.1 Å². The molecule has 0 bridgehead atoms. The van der Waals surface area contributed by atoms with E-state index in [-0.39, 0.29) is 11.5 Å². The molecular formula is C21H20F2N2O4. The van der Waals surface area contributed by atoms with E-state index in [9.17, 15) is 23.2 Å². The maximum atomic E-state index is 12.9. The summed E-state index contributed by atoms with van der Waals surface area (Å²) in [6.45, 7) is 1.84. The third-order valence-electron chi connectivity index (χ3n) is 4.92. The van der Waals surface area contributed by atoms with Gasteiger partial charge in [-0.2, -0.15) is 8.78 Å². The van der Waals surface area contributed by atoms with Gasteiger partial charge in [0, 0.05) is 5.56 Å². The van der Waals surface area contributed by atoms with Gasteiger partial charge in [0.15, 0.2) is 5.78 Å². The predicted molar refractivity (Wildman–Crippen MR) is 101 cm³/mol. The fraction of sp³-hybridized carbons (Fsp3) is 0.286. The number of Topliss-reactive ketones (excluding diaryl/α,β-unsaturated/α-hetero) is 1. The van der Waals surface area contributed by atoms with Gasteiger partial charge in [-0.15, -0.1) is 0 Å². The number of alkyl halides is 2. The predicted octanol–water partition coefficient (Wildman–Crippen LogP) is 3.55. The van der Waals surface area contributed by atoms with Crippen LogP contribution in [0.15, 0.2) is 42.5 Å². The van der Waals surface area contributed by atoms with Gasteiger partial charge in [-0.1, -0.05) is 35.9 Å². The Morgan fingerprint density at radius 2 is 1.79 bits per heavy atom. The van der Waals surface area contributed by atoms with Gasteiger partial charge in [-0.05, 0) is 44.0 Å². The van der Waals surface area contributed by atoms with E-state index in [1.165, 1.54) is 31.2 Å². The molecule has 0 spiro atoms. The van der Waals surface area contributed by atoms with Crippen LogP contribution in [0.4, 0.5) is 13.6 Å². The van der Waals surface area contributed by atoms with E-state index in [1.54, 1.807) is 19.1 Å². The van der Waals surface area contributed by atoms with E-state index in [0.717, 1.165) is 16.0 Å². The van der Waals surface area contributed by atoms with Crippen LogP contribution in [-0.2, 0) is 10.3 Å². The first-order valence-corrected chi connectivity index (χ1v) is 8.92. The van der Waals surface area contributed by atoms with Crippen LogP contribution in [0.2, 0.25) is 0 Å². The fourth-order valence-electron chi connectivity index (χ4n) is 3.36. The summed E-state index contributed by atoms with van der Waals surface area (Å²) in [7, 11) is 0. The lowest BCUT2D eigenvalue weighted by atomic mass is 9.92. The zero-order valence-electron chi connectivity index (χ0n) is 16.2. The number of nitrogens with one attached hydrogen (secondary N) is 1. The molecule has 1 aliphatic heterocycles. The Morgan fingerprint density at radius 3 is 2.38 bits per heavy atom. The molecule has 0 saturated carbocycles. The zero-order valence-corrected chi connectivity index (χ0v) is 16.2. The molecule has 3 amide bonds. The number of imide groups is 1. The van der Waals surface area contributed by atoms with Crippen LogP contribution in [0, 0.1) is 13.8 Å². The van der Waals surface area contributed by atoms with Crippen molar-refractivity contribution in [2.24, 2.45) is 0 Å². The molecule has 0 aliphatic carbocycles. The Labute approximate surface area is 166 Å². The second-order valence-corrected chi connectivity index (χ2v) is 7.09. The molecular weight excluding hydrogens is 382 g/mol. The summed E-state index contributed by atoms with van der Waals surface area (Å²) in [6.07, 6.45) is 0. The number of nitrogens with zero attached hydrogens (tertiary/aromatic N) is 1. The van der Waals surface area contributed by atoms with E-state index < -0.39 is 30.6 Å².